The Morgan fingerprint density at radius 3 is 2.27 bits per heavy atom. The summed E-state index contributed by atoms with van der Waals surface area (Å²) in [6.45, 7) is 3.66. The molecule has 2 fully saturated rings. The first-order chi connectivity index (χ1) is 12.4. The fourth-order valence-corrected chi connectivity index (χ4v) is 5.57. The van der Waals surface area contributed by atoms with E-state index in [0.29, 0.717) is 19.6 Å². The van der Waals surface area contributed by atoms with Gasteiger partial charge in [0.15, 0.2) is 0 Å². The summed E-state index contributed by atoms with van der Waals surface area (Å²) in [5.74, 6) is 0.0738. The number of piperazine rings is 1. The van der Waals surface area contributed by atoms with Gasteiger partial charge < -0.3 is 4.90 Å². The van der Waals surface area contributed by atoms with Crippen LogP contribution in [0.4, 0.5) is 0 Å². The Hall–Kier alpha value is -0.860. The summed E-state index contributed by atoms with van der Waals surface area (Å²) in [6.07, 6.45) is 3.51. The number of rotatable bonds is 4. The van der Waals surface area contributed by atoms with Crippen LogP contribution in [0.5, 0.6) is 0 Å². The fraction of sp³-hybridized carbons (Fsp3) is 0.588. The van der Waals surface area contributed by atoms with Gasteiger partial charge >= 0.3 is 0 Å². The van der Waals surface area contributed by atoms with Crippen LogP contribution in [0.2, 0.25) is 10.0 Å². The Bertz CT molecular complexity index is 759. The molecule has 0 radical (unpaired) electrons. The Kier molecular flexibility index (Phi) is 6.45. The molecule has 2 saturated heterocycles. The fourth-order valence-electron chi connectivity index (χ4n) is 3.41. The van der Waals surface area contributed by atoms with E-state index in [1.165, 1.54) is 16.8 Å². The highest BCUT2D eigenvalue weighted by Crippen LogP contribution is 2.31. The smallest absolute Gasteiger partial charge is 0.244 e. The van der Waals surface area contributed by atoms with Gasteiger partial charge in [0.25, 0.3) is 0 Å². The third-order valence-corrected chi connectivity index (χ3v) is 7.80. The second-order valence-corrected chi connectivity index (χ2v) is 9.37. The number of likely N-dealkylation sites (tertiary alicyclic amines) is 1. The van der Waals surface area contributed by atoms with Gasteiger partial charge in [0.2, 0.25) is 15.9 Å². The van der Waals surface area contributed by atoms with Gasteiger partial charge in [-0.25, -0.2) is 8.42 Å². The molecule has 0 saturated carbocycles. The molecule has 0 bridgehead atoms. The van der Waals surface area contributed by atoms with E-state index in [4.69, 9.17) is 23.2 Å². The standard InChI is InChI=1S/C17H23Cl2N3O3S/c18-14-5-4-6-15(17(14)19)26(24,25)22-11-9-21(10-12-22)16(23)13-20-7-2-1-3-8-20/h4-6H,1-3,7-13H2. The number of carbonyl (C=O) groups is 1. The summed E-state index contributed by atoms with van der Waals surface area (Å²) in [6, 6.07) is 4.58. The van der Waals surface area contributed by atoms with Crippen molar-refractivity contribution in [1.29, 1.82) is 0 Å². The Labute approximate surface area is 164 Å². The van der Waals surface area contributed by atoms with Crippen LogP contribution < -0.4 is 0 Å². The zero-order valence-electron chi connectivity index (χ0n) is 14.5. The number of nitrogens with zero attached hydrogens (tertiary/aromatic N) is 3. The number of hydrogen-bond donors (Lipinski definition) is 0. The summed E-state index contributed by atoms with van der Waals surface area (Å²) >= 11 is 12.0. The molecule has 1 amide bonds. The molecule has 1 aromatic rings. The zero-order valence-corrected chi connectivity index (χ0v) is 16.9. The Morgan fingerprint density at radius 2 is 1.62 bits per heavy atom. The number of sulfonamides is 1. The highest BCUT2D eigenvalue weighted by molar-refractivity contribution is 7.89. The number of piperidine rings is 1. The molecule has 0 spiro atoms. The molecule has 2 aliphatic heterocycles. The lowest BCUT2D eigenvalue weighted by Crippen LogP contribution is -2.52. The maximum atomic E-state index is 12.8. The second kappa shape index (κ2) is 8.44. The molecule has 0 atom stereocenters. The zero-order chi connectivity index (χ0) is 18.7. The van der Waals surface area contributed by atoms with E-state index in [1.54, 1.807) is 17.0 Å². The topological polar surface area (TPSA) is 60.9 Å². The molecule has 0 N–H and O–H groups in total. The van der Waals surface area contributed by atoms with Crippen LogP contribution in [-0.2, 0) is 14.8 Å². The summed E-state index contributed by atoms with van der Waals surface area (Å²) in [7, 11) is -3.72. The van der Waals surface area contributed by atoms with E-state index in [2.05, 4.69) is 4.90 Å². The van der Waals surface area contributed by atoms with Crippen molar-refractivity contribution in [3.8, 4) is 0 Å². The Balaban J connectivity index is 1.60. The van der Waals surface area contributed by atoms with Crippen LogP contribution in [0.1, 0.15) is 19.3 Å². The molecular weight excluding hydrogens is 397 g/mol. The van der Waals surface area contributed by atoms with Crippen LogP contribution in [0.3, 0.4) is 0 Å². The van der Waals surface area contributed by atoms with Gasteiger partial charge in [-0.15, -0.1) is 0 Å². The number of amides is 1. The minimum Gasteiger partial charge on any atom is -0.339 e. The molecule has 26 heavy (non-hydrogen) atoms. The van der Waals surface area contributed by atoms with Crippen molar-refractivity contribution in [2.45, 2.75) is 24.2 Å². The molecule has 9 heteroatoms. The molecule has 0 aliphatic carbocycles. The van der Waals surface area contributed by atoms with E-state index >= 15 is 0 Å². The van der Waals surface area contributed by atoms with Crippen LogP contribution >= 0.6 is 23.2 Å². The molecule has 2 heterocycles. The van der Waals surface area contributed by atoms with Crippen molar-refractivity contribution in [3.63, 3.8) is 0 Å². The van der Waals surface area contributed by atoms with Gasteiger partial charge in [-0.2, -0.15) is 4.31 Å². The average molecular weight is 420 g/mol. The summed E-state index contributed by atoms with van der Waals surface area (Å²) < 4.78 is 27.0. The van der Waals surface area contributed by atoms with E-state index in [1.807, 2.05) is 0 Å². The first-order valence-corrected chi connectivity index (χ1v) is 11.0. The quantitative estimate of drug-likeness (QED) is 0.750. The van der Waals surface area contributed by atoms with E-state index in [-0.39, 0.29) is 33.9 Å². The first kappa shape index (κ1) is 19.9. The number of carbonyl (C=O) groups excluding carboxylic acids is 1. The highest BCUT2D eigenvalue weighted by Gasteiger charge is 2.32. The lowest BCUT2D eigenvalue weighted by Gasteiger charge is -2.35. The largest absolute Gasteiger partial charge is 0.339 e. The SMILES string of the molecule is O=C(CN1CCCCC1)N1CCN(S(=O)(=O)c2cccc(Cl)c2Cl)CC1. The van der Waals surface area contributed by atoms with Crippen LogP contribution in [-0.4, -0.2) is 74.2 Å². The van der Waals surface area contributed by atoms with E-state index < -0.39 is 10.0 Å². The molecule has 2 aliphatic rings. The van der Waals surface area contributed by atoms with Gasteiger partial charge in [0.05, 0.1) is 16.6 Å². The van der Waals surface area contributed by atoms with Crippen LogP contribution in [0.15, 0.2) is 23.1 Å². The molecule has 144 valence electrons. The summed E-state index contributed by atoms with van der Waals surface area (Å²) in [5.41, 5.74) is 0. The number of halogens is 2. The van der Waals surface area contributed by atoms with Crippen molar-refractivity contribution in [2.24, 2.45) is 0 Å². The third-order valence-electron chi connectivity index (χ3n) is 4.93. The first-order valence-electron chi connectivity index (χ1n) is 8.84. The van der Waals surface area contributed by atoms with Crippen molar-refractivity contribution >= 4 is 39.1 Å². The number of hydrogen-bond acceptors (Lipinski definition) is 4. The van der Waals surface area contributed by atoms with E-state index in [0.717, 1.165) is 25.9 Å². The monoisotopic (exact) mass is 419 g/mol. The van der Waals surface area contributed by atoms with Crippen molar-refractivity contribution in [3.05, 3.63) is 28.2 Å². The van der Waals surface area contributed by atoms with E-state index in [9.17, 15) is 13.2 Å². The van der Waals surface area contributed by atoms with Gasteiger partial charge in [0.1, 0.15) is 4.90 Å². The van der Waals surface area contributed by atoms with Gasteiger partial charge in [-0.1, -0.05) is 35.7 Å². The lowest BCUT2D eigenvalue weighted by molar-refractivity contribution is -0.133. The van der Waals surface area contributed by atoms with Gasteiger partial charge in [-0.3, -0.25) is 9.69 Å². The molecular formula is C17H23Cl2N3O3S. The molecule has 3 rings (SSSR count). The van der Waals surface area contributed by atoms with Gasteiger partial charge in [0, 0.05) is 26.2 Å². The second-order valence-electron chi connectivity index (χ2n) is 6.67. The number of benzene rings is 1. The summed E-state index contributed by atoms with van der Waals surface area (Å²) in [5, 5.41) is 0.251. The minimum absolute atomic E-state index is 0.0137. The minimum atomic E-state index is -3.72. The van der Waals surface area contributed by atoms with Crippen LogP contribution in [0.25, 0.3) is 0 Å². The predicted molar refractivity (Wildman–Crippen MR) is 102 cm³/mol. The molecule has 1 aromatic carbocycles. The van der Waals surface area contributed by atoms with Gasteiger partial charge in [-0.05, 0) is 38.1 Å². The Morgan fingerprint density at radius 1 is 0.962 bits per heavy atom. The highest BCUT2D eigenvalue weighted by atomic mass is 35.5. The molecule has 0 aromatic heterocycles. The maximum absolute atomic E-state index is 12.8. The summed E-state index contributed by atoms with van der Waals surface area (Å²) in [4.78, 5) is 16.4. The van der Waals surface area contributed by atoms with Crippen molar-refractivity contribution < 1.29 is 13.2 Å². The maximum Gasteiger partial charge on any atom is 0.244 e. The normalized spacial score (nSPS) is 20.3. The average Bonchev–Trinajstić information content (AvgIpc) is 2.64. The third kappa shape index (κ3) is 4.34. The van der Waals surface area contributed by atoms with Crippen molar-refractivity contribution in [1.82, 2.24) is 14.1 Å². The van der Waals surface area contributed by atoms with Crippen molar-refractivity contribution in [2.75, 3.05) is 45.8 Å². The lowest BCUT2D eigenvalue weighted by atomic mass is 10.1. The molecule has 0 unspecified atom stereocenters. The predicted octanol–water partition coefficient (Wildman–Crippen LogP) is 2.31. The van der Waals surface area contributed by atoms with Crippen LogP contribution in [0, 0.1) is 0 Å². The molecule has 6 nitrogen and oxygen atoms in total.